The highest BCUT2D eigenvalue weighted by Crippen LogP contribution is 2.39. The van der Waals surface area contributed by atoms with Gasteiger partial charge in [-0.3, -0.25) is 0 Å². The maximum Gasteiger partial charge on any atom is 0.114 e. The van der Waals surface area contributed by atoms with Gasteiger partial charge in [0.1, 0.15) is 6.61 Å². The van der Waals surface area contributed by atoms with Gasteiger partial charge in [0.25, 0.3) is 0 Å². The van der Waals surface area contributed by atoms with Crippen LogP contribution in [0.15, 0.2) is 5.16 Å². The van der Waals surface area contributed by atoms with Crippen LogP contribution in [0.2, 0.25) is 0 Å². The lowest BCUT2D eigenvalue weighted by atomic mass is 9.67. The summed E-state index contributed by atoms with van der Waals surface area (Å²) < 4.78 is 0. The lowest BCUT2D eigenvalue weighted by Crippen LogP contribution is -2.36. The molecule has 1 unspecified atom stereocenters. The van der Waals surface area contributed by atoms with Crippen molar-refractivity contribution in [1.29, 1.82) is 0 Å². The third-order valence-electron chi connectivity index (χ3n) is 2.45. The Hall–Kier alpha value is -0.530. The molecular weight excluding hydrogens is 150 g/mol. The Morgan fingerprint density at radius 3 is 2.50 bits per heavy atom. The van der Waals surface area contributed by atoms with Gasteiger partial charge >= 0.3 is 0 Å². The maximum atomic E-state index is 5.05. The van der Waals surface area contributed by atoms with Crippen molar-refractivity contribution >= 4 is 5.71 Å². The normalized spacial score (nSPS) is 27.0. The van der Waals surface area contributed by atoms with Crippen LogP contribution >= 0.6 is 0 Å². The molecule has 2 heteroatoms. The molecule has 0 amide bonds. The zero-order chi connectivity index (χ0) is 9.19. The molecule has 1 atom stereocenters. The average Bonchev–Trinajstić information content (AvgIpc) is 1.82. The molecule has 0 radical (unpaired) electrons. The van der Waals surface area contributed by atoms with E-state index in [0.29, 0.717) is 17.9 Å². The summed E-state index contributed by atoms with van der Waals surface area (Å²) in [6.07, 6.45) is 2.40. The van der Waals surface area contributed by atoms with E-state index in [1.807, 2.05) is 6.92 Å². The lowest BCUT2D eigenvalue weighted by molar-refractivity contribution is 0.146. The van der Waals surface area contributed by atoms with Crippen LogP contribution in [-0.2, 0) is 4.84 Å². The van der Waals surface area contributed by atoms with Crippen LogP contribution in [0.1, 0.15) is 40.5 Å². The van der Waals surface area contributed by atoms with Crippen molar-refractivity contribution in [1.82, 2.24) is 0 Å². The Morgan fingerprint density at radius 1 is 1.50 bits per heavy atom. The summed E-state index contributed by atoms with van der Waals surface area (Å²) >= 11 is 0. The molecule has 2 nitrogen and oxygen atoms in total. The second-order valence-electron chi connectivity index (χ2n) is 4.46. The Balaban J connectivity index is 2.49. The first-order valence-electron chi connectivity index (χ1n) is 4.74. The van der Waals surface area contributed by atoms with Crippen molar-refractivity contribution in [2.24, 2.45) is 16.5 Å². The van der Waals surface area contributed by atoms with E-state index in [1.165, 1.54) is 12.1 Å². The highest BCUT2D eigenvalue weighted by molar-refractivity contribution is 5.91. The summed E-state index contributed by atoms with van der Waals surface area (Å²) in [4.78, 5) is 5.05. The molecule has 0 aromatic rings. The van der Waals surface area contributed by atoms with Gasteiger partial charge in [-0.2, -0.15) is 0 Å². The molecule has 0 heterocycles. The van der Waals surface area contributed by atoms with Crippen LogP contribution in [0.5, 0.6) is 0 Å². The van der Waals surface area contributed by atoms with Gasteiger partial charge in [0.05, 0.1) is 5.71 Å². The minimum Gasteiger partial charge on any atom is -0.396 e. The Morgan fingerprint density at radius 2 is 2.17 bits per heavy atom. The molecule has 0 aromatic carbocycles. The predicted molar refractivity (Wildman–Crippen MR) is 51.2 cm³/mol. The van der Waals surface area contributed by atoms with Crippen LogP contribution in [0.3, 0.4) is 0 Å². The molecule has 12 heavy (non-hydrogen) atoms. The van der Waals surface area contributed by atoms with Crippen LogP contribution in [0.25, 0.3) is 0 Å². The van der Waals surface area contributed by atoms with E-state index in [9.17, 15) is 0 Å². The summed E-state index contributed by atoms with van der Waals surface area (Å²) in [5, 5.41) is 4.11. The summed E-state index contributed by atoms with van der Waals surface area (Å²) in [6.45, 7) is 9.43. The molecule has 0 bridgehead atoms. The molecule has 70 valence electrons. The first kappa shape index (κ1) is 9.56. The highest BCUT2D eigenvalue weighted by atomic mass is 16.6. The van der Waals surface area contributed by atoms with Gasteiger partial charge < -0.3 is 4.84 Å². The van der Waals surface area contributed by atoms with E-state index in [1.54, 1.807) is 0 Å². The number of nitrogens with zero attached hydrogens (tertiary/aromatic N) is 1. The minimum absolute atomic E-state index is 0.355. The second kappa shape index (κ2) is 3.46. The molecule has 1 saturated carbocycles. The molecule has 1 aliphatic rings. The van der Waals surface area contributed by atoms with E-state index < -0.39 is 0 Å². The zero-order valence-electron chi connectivity index (χ0n) is 8.55. The van der Waals surface area contributed by atoms with Crippen molar-refractivity contribution in [3.05, 3.63) is 0 Å². The van der Waals surface area contributed by atoms with Gasteiger partial charge in [0.15, 0.2) is 0 Å². The minimum atomic E-state index is 0.355. The first-order chi connectivity index (χ1) is 5.55. The second-order valence-corrected chi connectivity index (χ2v) is 4.46. The Bertz CT molecular complexity index is 179. The SMILES string of the molecule is CCO/N=C1/CCC1C(C)(C)C. The maximum absolute atomic E-state index is 5.05. The van der Waals surface area contributed by atoms with E-state index in [-0.39, 0.29) is 0 Å². The van der Waals surface area contributed by atoms with E-state index in [0.717, 1.165) is 6.42 Å². The highest BCUT2D eigenvalue weighted by Gasteiger charge is 2.36. The number of oxime groups is 1. The molecule has 1 aliphatic carbocycles. The van der Waals surface area contributed by atoms with Crippen molar-refractivity contribution in [3.8, 4) is 0 Å². The smallest absolute Gasteiger partial charge is 0.114 e. The fourth-order valence-corrected chi connectivity index (χ4v) is 1.61. The fourth-order valence-electron chi connectivity index (χ4n) is 1.61. The summed E-state index contributed by atoms with van der Waals surface area (Å²) in [5.74, 6) is 0.643. The van der Waals surface area contributed by atoms with Crippen LogP contribution in [0, 0.1) is 11.3 Å². The van der Waals surface area contributed by atoms with E-state index in [4.69, 9.17) is 4.84 Å². The summed E-state index contributed by atoms with van der Waals surface area (Å²) in [6, 6.07) is 0. The van der Waals surface area contributed by atoms with Crippen molar-refractivity contribution in [2.75, 3.05) is 6.61 Å². The van der Waals surface area contributed by atoms with E-state index >= 15 is 0 Å². The number of hydrogen-bond donors (Lipinski definition) is 0. The standard InChI is InChI=1S/C10H19NO/c1-5-12-11-9-7-6-8(9)10(2,3)4/h8H,5-7H2,1-4H3/b11-9-. The number of hydrogen-bond acceptors (Lipinski definition) is 2. The molecule has 0 aliphatic heterocycles. The van der Waals surface area contributed by atoms with Crippen molar-refractivity contribution in [2.45, 2.75) is 40.5 Å². The van der Waals surface area contributed by atoms with Crippen LogP contribution in [-0.4, -0.2) is 12.3 Å². The zero-order valence-corrected chi connectivity index (χ0v) is 8.55. The molecule has 1 rings (SSSR count). The van der Waals surface area contributed by atoms with Gasteiger partial charge in [-0.25, -0.2) is 0 Å². The van der Waals surface area contributed by atoms with Crippen LogP contribution < -0.4 is 0 Å². The third-order valence-corrected chi connectivity index (χ3v) is 2.45. The van der Waals surface area contributed by atoms with Gasteiger partial charge in [-0.1, -0.05) is 25.9 Å². The summed E-state index contributed by atoms with van der Waals surface area (Å²) in [5.41, 5.74) is 1.61. The lowest BCUT2D eigenvalue weighted by Gasteiger charge is -2.38. The van der Waals surface area contributed by atoms with Gasteiger partial charge in [-0.05, 0) is 25.2 Å². The van der Waals surface area contributed by atoms with Crippen molar-refractivity contribution < 1.29 is 4.84 Å². The largest absolute Gasteiger partial charge is 0.396 e. The van der Waals surface area contributed by atoms with E-state index in [2.05, 4.69) is 25.9 Å². The molecule has 0 aromatic heterocycles. The van der Waals surface area contributed by atoms with Gasteiger partial charge in [-0.15, -0.1) is 0 Å². The molecule has 0 spiro atoms. The number of rotatable bonds is 2. The average molecular weight is 169 g/mol. The molecule has 0 saturated heterocycles. The summed E-state index contributed by atoms with van der Waals surface area (Å²) in [7, 11) is 0. The quantitative estimate of drug-likeness (QED) is 0.582. The van der Waals surface area contributed by atoms with Gasteiger partial charge in [0.2, 0.25) is 0 Å². The van der Waals surface area contributed by atoms with Crippen molar-refractivity contribution in [3.63, 3.8) is 0 Å². The third kappa shape index (κ3) is 1.99. The fraction of sp³-hybridized carbons (Fsp3) is 0.900. The molecule has 0 N–H and O–H groups in total. The monoisotopic (exact) mass is 169 g/mol. The molecular formula is C10H19NO. The first-order valence-corrected chi connectivity index (χ1v) is 4.74. The predicted octanol–water partition coefficient (Wildman–Crippen LogP) is 2.84. The Labute approximate surface area is 75.0 Å². The molecule has 1 fully saturated rings. The van der Waals surface area contributed by atoms with Gasteiger partial charge in [0, 0.05) is 5.92 Å². The van der Waals surface area contributed by atoms with Crippen LogP contribution in [0.4, 0.5) is 0 Å². The Kier molecular flexibility index (Phi) is 2.76. The topological polar surface area (TPSA) is 21.6 Å².